The van der Waals surface area contributed by atoms with Crippen LogP contribution >= 0.6 is 23.4 Å². The molecule has 40 heavy (non-hydrogen) atoms. The van der Waals surface area contributed by atoms with Gasteiger partial charge in [0.25, 0.3) is 0 Å². The maximum absolute atomic E-state index is 14.0. The number of rotatable bonds is 6. The van der Waals surface area contributed by atoms with Gasteiger partial charge in [-0.25, -0.2) is 0 Å². The summed E-state index contributed by atoms with van der Waals surface area (Å²) < 4.78 is 0. The third-order valence-electron chi connectivity index (χ3n) is 7.85. The summed E-state index contributed by atoms with van der Waals surface area (Å²) in [5.74, 6) is 1.72. The number of ketones is 1. The van der Waals surface area contributed by atoms with Gasteiger partial charge >= 0.3 is 0 Å². The second-order valence-corrected chi connectivity index (χ2v) is 13.0. The Bertz CT molecular complexity index is 1570. The van der Waals surface area contributed by atoms with Gasteiger partial charge in [0, 0.05) is 39.9 Å². The van der Waals surface area contributed by atoms with Crippen LogP contribution in [0.5, 0.6) is 0 Å². The molecule has 0 radical (unpaired) electrons. The van der Waals surface area contributed by atoms with E-state index in [9.17, 15) is 10.1 Å². The summed E-state index contributed by atoms with van der Waals surface area (Å²) in [6.45, 7) is 8.42. The monoisotopic (exact) mass is 567 g/mol. The molecular formula is C34H34ClN3OS. The van der Waals surface area contributed by atoms with E-state index in [4.69, 9.17) is 17.3 Å². The highest BCUT2D eigenvalue weighted by Gasteiger charge is 2.45. The molecule has 1 heterocycles. The molecule has 3 aromatic carbocycles. The Hall–Kier alpha value is -3.46. The van der Waals surface area contributed by atoms with Crippen LogP contribution < -0.4 is 10.6 Å². The van der Waals surface area contributed by atoms with Crippen LogP contribution in [0.25, 0.3) is 0 Å². The number of anilines is 1. The predicted octanol–water partition coefficient (Wildman–Crippen LogP) is 8.33. The maximum Gasteiger partial charge on any atom is 0.162 e. The number of halogens is 1. The van der Waals surface area contributed by atoms with Crippen molar-refractivity contribution in [3.63, 3.8) is 0 Å². The number of hydrogen-bond donors (Lipinski definition) is 1. The molecule has 0 spiro atoms. The van der Waals surface area contributed by atoms with Crippen LogP contribution in [-0.4, -0.2) is 5.78 Å². The lowest BCUT2D eigenvalue weighted by Gasteiger charge is -2.44. The quantitative estimate of drug-likeness (QED) is 0.324. The summed E-state index contributed by atoms with van der Waals surface area (Å²) in [6, 6.07) is 24.6. The van der Waals surface area contributed by atoms with Crippen LogP contribution in [0.4, 0.5) is 5.69 Å². The molecule has 3 aromatic rings. The number of allylic oxidation sites excluding steroid dienone is 3. The first-order valence-electron chi connectivity index (χ1n) is 13.5. The Morgan fingerprint density at radius 2 is 1.75 bits per heavy atom. The van der Waals surface area contributed by atoms with E-state index in [1.807, 2.05) is 47.0 Å². The number of carbonyl (C=O) groups is 1. The lowest BCUT2D eigenvalue weighted by Crippen LogP contribution is -2.42. The van der Waals surface area contributed by atoms with Crippen LogP contribution in [0.15, 0.2) is 89.4 Å². The Labute approximate surface area is 246 Å². The van der Waals surface area contributed by atoms with E-state index in [1.54, 1.807) is 0 Å². The standard InChI is InChI=1S/C34H34ClN3OS/c1-21-14-24(20-40-19-23-8-6-5-7-9-23)22(2)27(15-21)31-28(18-36)33(37)38(26-12-10-25(35)11-13-26)29-16-34(3,4)17-30(39)32(29)31/h5-15,31H,16-17,19-20,37H2,1-4H3. The molecule has 5 rings (SSSR count). The van der Waals surface area contributed by atoms with E-state index in [1.165, 1.54) is 11.1 Å². The van der Waals surface area contributed by atoms with Gasteiger partial charge in [-0.05, 0) is 72.2 Å². The molecule has 204 valence electrons. The van der Waals surface area contributed by atoms with Crippen LogP contribution in [0.1, 0.15) is 60.4 Å². The summed E-state index contributed by atoms with van der Waals surface area (Å²) in [5, 5.41) is 11.1. The molecule has 0 fully saturated rings. The van der Waals surface area contributed by atoms with Crippen LogP contribution in [-0.2, 0) is 16.3 Å². The summed E-state index contributed by atoms with van der Waals surface area (Å²) >= 11 is 8.05. The van der Waals surface area contributed by atoms with Crippen molar-refractivity contribution < 1.29 is 4.79 Å². The molecule has 6 heteroatoms. The molecule has 1 aliphatic carbocycles. The molecule has 4 nitrogen and oxygen atoms in total. The van der Waals surface area contributed by atoms with Crippen molar-refractivity contribution >= 4 is 34.8 Å². The first-order chi connectivity index (χ1) is 19.1. The smallest absolute Gasteiger partial charge is 0.162 e. The van der Waals surface area contributed by atoms with Gasteiger partial charge in [-0.3, -0.25) is 9.69 Å². The van der Waals surface area contributed by atoms with Gasteiger partial charge in [0.05, 0.1) is 17.6 Å². The SMILES string of the molecule is Cc1cc(CSCc2ccccc2)c(C)c(C2C(C#N)=C(N)N(c3ccc(Cl)cc3)C3=C2C(=O)CC(C)(C)C3)c1. The molecule has 1 aliphatic heterocycles. The zero-order chi connectivity index (χ0) is 28.6. The molecule has 0 saturated heterocycles. The lowest BCUT2D eigenvalue weighted by atomic mass is 9.68. The number of Topliss-reactive ketones (excluding diaryl/α,β-unsaturated/α-hetero) is 1. The summed E-state index contributed by atoms with van der Waals surface area (Å²) in [6.07, 6.45) is 1.11. The molecule has 0 saturated carbocycles. The largest absolute Gasteiger partial charge is 0.384 e. The third kappa shape index (κ3) is 5.44. The highest BCUT2D eigenvalue weighted by atomic mass is 35.5. The zero-order valence-electron chi connectivity index (χ0n) is 23.4. The number of carbonyl (C=O) groups excluding carboxylic acids is 1. The van der Waals surface area contributed by atoms with Gasteiger partial charge < -0.3 is 5.73 Å². The fraction of sp³-hybridized carbons (Fsp3) is 0.294. The second-order valence-electron chi connectivity index (χ2n) is 11.6. The minimum absolute atomic E-state index is 0.0800. The first-order valence-corrected chi connectivity index (χ1v) is 15.1. The Morgan fingerprint density at radius 1 is 1.05 bits per heavy atom. The van der Waals surface area contributed by atoms with Crippen molar-refractivity contribution in [1.82, 2.24) is 0 Å². The number of nitriles is 1. The van der Waals surface area contributed by atoms with E-state index >= 15 is 0 Å². The van der Waals surface area contributed by atoms with Crippen LogP contribution in [0, 0.1) is 30.6 Å². The molecule has 1 atom stereocenters. The molecule has 0 aromatic heterocycles. The molecule has 0 amide bonds. The van der Waals surface area contributed by atoms with Crippen molar-refractivity contribution in [2.75, 3.05) is 4.90 Å². The molecule has 2 N–H and O–H groups in total. The number of thioether (sulfide) groups is 1. The summed E-state index contributed by atoms with van der Waals surface area (Å²) in [7, 11) is 0. The summed E-state index contributed by atoms with van der Waals surface area (Å²) in [4.78, 5) is 15.9. The fourth-order valence-corrected chi connectivity index (χ4v) is 7.15. The van der Waals surface area contributed by atoms with Gasteiger partial charge in [-0.15, -0.1) is 0 Å². The Morgan fingerprint density at radius 3 is 2.42 bits per heavy atom. The molecule has 2 aliphatic rings. The van der Waals surface area contributed by atoms with Crippen LogP contribution in [0.2, 0.25) is 5.02 Å². The predicted molar refractivity (Wildman–Crippen MR) is 166 cm³/mol. The van der Waals surface area contributed by atoms with E-state index in [0.29, 0.717) is 34.8 Å². The lowest BCUT2D eigenvalue weighted by molar-refractivity contribution is -0.118. The first kappa shape index (κ1) is 28.1. The van der Waals surface area contributed by atoms with Gasteiger partial charge in [0.2, 0.25) is 0 Å². The number of aryl methyl sites for hydroxylation is 1. The van der Waals surface area contributed by atoms with Crippen LogP contribution in [0.3, 0.4) is 0 Å². The topological polar surface area (TPSA) is 70.1 Å². The number of nitrogens with zero attached hydrogens (tertiary/aromatic N) is 2. The van der Waals surface area contributed by atoms with Gasteiger partial charge in [-0.2, -0.15) is 17.0 Å². The van der Waals surface area contributed by atoms with Crippen molar-refractivity contribution in [2.24, 2.45) is 11.1 Å². The van der Waals surface area contributed by atoms with E-state index in [2.05, 4.69) is 70.2 Å². The highest BCUT2D eigenvalue weighted by Crippen LogP contribution is 2.51. The summed E-state index contributed by atoms with van der Waals surface area (Å²) in [5.41, 5.74) is 15.1. The third-order valence-corrected chi connectivity index (χ3v) is 9.15. The molecular weight excluding hydrogens is 534 g/mol. The average molecular weight is 568 g/mol. The van der Waals surface area contributed by atoms with E-state index in [0.717, 1.165) is 39.6 Å². The Balaban J connectivity index is 1.62. The average Bonchev–Trinajstić information content (AvgIpc) is 2.90. The van der Waals surface area contributed by atoms with Gasteiger partial charge in [0.1, 0.15) is 5.82 Å². The van der Waals surface area contributed by atoms with Crippen molar-refractivity contribution in [1.29, 1.82) is 5.26 Å². The Kier molecular flexibility index (Phi) is 7.86. The molecule has 0 bridgehead atoms. The number of hydrogen-bond acceptors (Lipinski definition) is 5. The minimum atomic E-state index is -0.495. The second kappa shape index (κ2) is 11.2. The number of benzene rings is 3. The van der Waals surface area contributed by atoms with Crippen molar-refractivity contribution in [2.45, 2.75) is 58.0 Å². The van der Waals surface area contributed by atoms with Gasteiger partial charge in [0.15, 0.2) is 5.78 Å². The highest BCUT2D eigenvalue weighted by molar-refractivity contribution is 7.97. The van der Waals surface area contributed by atoms with Crippen molar-refractivity contribution in [3.05, 3.63) is 122 Å². The van der Waals surface area contributed by atoms with E-state index < -0.39 is 5.92 Å². The zero-order valence-corrected chi connectivity index (χ0v) is 25.0. The van der Waals surface area contributed by atoms with E-state index in [-0.39, 0.29) is 11.2 Å². The molecule has 1 unspecified atom stereocenters. The number of nitrogens with two attached hydrogens (primary N) is 1. The minimum Gasteiger partial charge on any atom is -0.384 e. The van der Waals surface area contributed by atoms with Gasteiger partial charge in [-0.1, -0.05) is 73.5 Å². The maximum atomic E-state index is 14.0. The normalized spacial score (nSPS) is 18.6. The van der Waals surface area contributed by atoms with Crippen molar-refractivity contribution in [3.8, 4) is 6.07 Å². The fourth-order valence-electron chi connectivity index (χ4n) is 5.97.